The van der Waals surface area contributed by atoms with Crippen molar-refractivity contribution in [2.75, 3.05) is 42.2 Å². The van der Waals surface area contributed by atoms with Gasteiger partial charge in [-0.25, -0.2) is 4.98 Å². The summed E-state index contributed by atoms with van der Waals surface area (Å²) in [5.41, 5.74) is 1.92. The van der Waals surface area contributed by atoms with Crippen LogP contribution in [-0.2, 0) is 4.79 Å². The van der Waals surface area contributed by atoms with Crippen LogP contribution in [0.3, 0.4) is 0 Å². The smallest absolute Gasteiger partial charge is 0.258 e. The molecule has 3 amide bonds. The molecule has 1 aromatic heterocycles. The van der Waals surface area contributed by atoms with Crippen molar-refractivity contribution in [2.45, 2.75) is 19.3 Å². The van der Waals surface area contributed by atoms with Gasteiger partial charge in [-0.15, -0.1) is 0 Å². The first-order chi connectivity index (χ1) is 17.8. The van der Waals surface area contributed by atoms with Gasteiger partial charge in [0.1, 0.15) is 13.7 Å². The maximum atomic E-state index is 13.0. The standard InChI is InChI=1S/C27H27BClN5O3/c1-33(25(35)17-34-13-3-2-4-14-34)21-9-5-18(6-10-21)26(36)31-23-11-7-19(28)15-22(23)27(37)32-24-12-8-20(29)16-30-24/h5-12,15-16H,2-4,13-14,17H2,1H3,(H,31,36)(H,30,32,37). The molecule has 0 unspecified atom stereocenters. The molecule has 2 radical (unpaired) electrons. The van der Waals surface area contributed by atoms with Crippen LogP contribution in [0.25, 0.3) is 0 Å². The Hall–Kier alpha value is -3.69. The van der Waals surface area contributed by atoms with Gasteiger partial charge in [0.05, 0.1) is 22.8 Å². The van der Waals surface area contributed by atoms with Crippen LogP contribution in [0.15, 0.2) is 60.8 Å². The molecule has 1 saturated heterocycles. The highest BCUT2D eigenvalue weighted by Gasteiger charge is 2.19. The van der Waals surface area contributed by atoms with Gasteiger partial charge in [0.2, 0.25) is 5.91 Å². The molecule has 0 saturated carbocycles. The van der Waals surface area contributed by atoms with E-state index in [1.807, 2.05) is 0 Å². The van der Waals surface area contributed by atoms with Gasteiger partial charge in [-0.3, -0.25) is 19.3 Å². The Balaban J connectivity index is 1.42. The lowest BCUT2D eigenvalue weighted by Gasteiger charge is -2.28. The van der Waals surface area contributed by atoms with Crippen molar-refractivity contribution in [1.82, 2.24) is 9.88 Å². The van der Waals surface area contributed by atoms with E-state index >= 15 is 0 Å². The molecule has 4 rings (SSSR count). The van der Waals surface area contributed by atoms with Gasteiger partial charge in [-0.2, -0.15) is 0 Å². The second kappa shape index (κ2) is 12.0. The van der Waals surface area contributed by atoms with Gasteiger partial charge in [0.25, 0.3) is 11.8 Å². The average molecular weight is 516 g/mol. The number of hydrogen-bond acceptors (Lipinski definition) is 5. The molecule has 10 heteroatoms. The molecular weight excluding hydrogens is 489 g/mol. The number of carbonyl (C=O) groups excluding carboxylic acids is 3. The molecule has 1 aliphatic rings. The number of likely N-dealkylation sites (N-methyl/N-ethyl adjacent to an activating group) is 1. The van der Waals surface area contributed by atoms with E-state index in [2.05, 4.69) is 20.5 Å². The first kappa shape index (κ1) is 26.4. The van der Waals surface area contributed by atoms with Gasteiger partial charge < -0.3 is 15.5 Å². The Labute approximate surface area is 222 Å². The fourth-order valence-corrected chi connectivity index (χ4v) is 4.19. The molecule has 3 aromatic rings. The van der Waals surface area contributed by atoms with Crippen LogP contribution in [0.5, 0.6) is 0 Å². The second-order valence-electron chi connectivity index (χ2n) is 8.91. The van der Waals surface area contributed by atoms with Crippen LogP contribution < -0.4 is 21.0 Å². The number of halogens is 1. The number of likely N-dealkylation sites (tertiary alicyclic amines) is 1. The highest BCUT2D eigenvalue weighted by molar-refractivity contribution is 6.33. The average Bonchev–Trinajstić information content (AvgIpc) is 2.91. The third-order valence-electron chi connectivity index (χ3n) is 6.20. The molecule has 0 aliphatic carbocycles. The lowest BCUT2D eigenvalue weighted by Crippen LogP contribution is -2.40. The van der Waals surface area contributed by atoms with Crippen molar-refractivity contribution in [2.24, 2.45) is 0 Å². The summed E-state index contributed by atoms with van der Waals surface area (Å²) in [5, 5.41) is 5.88. The zero-order valence-electron chi connectivity index (χ0n) is 20.5. The summed E-state index contributed by atoms with van der Waals surface area (Å²) in [6.45, 7) is 2.27. The minimum atomic E-state index is -0.485. The number of hydrogen-bond donors (Lipinski definition) is 2. The Morgan fingerprint density at radius 2 is 1.70 bits per heavy atom. The van der Waals surface area contributed by atoms with E-state index in [1.165, 1.54) is 18.7 Å². The molecule has 0 bridgehead atoms. The van der Waals surface area contributed by atoms with Crippen LogP contribution in [-0.4, -0.2) is 62.1 Å². The molecule has 2 heterocycles. The van der Waals surface area contributed by atoms with Crippen molar-refractivity contribution < 1.29 is 14.4 Å². The van der Waals surface area contributed by atoms with Crippen LogP contribution >= 0.6 is 11.6 Å². The Bertz CT molecular complexity index is 1280. The van der Waals surface area contributed by atoms with Crippen molar-refractivity contribution >= 4 is 59.8 Å². The van der Waals surface area contributed by atoms with E-state index in [4.69, 9.17) is 19.4 Å². The molecule has 1 fully saturated rings. The summed E-state index contributed by atoms with van der Waals surface area (Å²) >= 11 is 5.85. The van der Waals surface area contributed by atoms with Crippen LogP contribution in [0.1, 0.15) is 40.0 Å². The molecule has 1 aliphatic heterocycles. The van der Waals surface area contributed by atoms with Crippen LogP contribution in [0.2, 0.25) is 5.02 Å². The first-order valence-corrected chi connectivity index (χ1v) is 12.4. The van der Waals surface area contributed by atoms with Gasteiger partial charge >= 0.3 is 0 Å². The Morgan fingerprint density at radius 3 is 2.38 bits per heavy atom. The van der Waals surface area contributed by atoms with Crippen molar-refractivity contribution in [3.63, 3.8) is 0 Å². The molecule has 2 aromatic carbocycles. The predicted octanol–water partition coefficient (Wildman–Crippen LogP) is 3.48. The second-order valence-corrected chi connectivity index (χ2v) is 9.35. The third-order valence-corrected chi connectivity index (χ3v) is 6.43. The highest BCUT2D eigenvalue weighted by atomic mass is 35.5. The van der Waals surface area contributed by atoms with E-state index in [0.717, 1.165) is 25.9 Å². The van der Waals surface area contributed by atoms with Crippen molar-refractivity contribution in [3.8, 4) is 0 Å². The summed E-state index contributed by atoms with van der Waals surface area (Å²) in [6.07, 6.45) is 4.88. The van der Waals surface area contributed by atoms with Gasteiger partial charge in [0, 0.05) is 24.5 Å². The Morgan fingerprint density at radius 1 is 0.973 bits per heavy atom. The van der Waals surface area contributed by atoms with Gasteiger partial charge in [0.15, 0.2) is 0 Å². The normalized spacial score (nSPS) is 13.6. The minimum absolute atomic E-state index is 0.00630. The number of nitrogens with zero attached hydrogens (tertiary/aromatic N) is 3. The SMILES string of the molecule is [B]c1ccc(NC(=O)c2ccc(N(C)C(=O)CN3CCCCC3)cc2)c(C(=O)Nc2ccc(Cl)cn2)c1. The molecular formula is C27H27BClN5O3. The minimum Gasteiger partial charge on any atom is -0.321 e. The topological polar surface area (TPSA) is 94.6 Å². The summed E-state index contributed by atoms with van der Waals surface area (Å²) < 4.78 is 0. The number of anilines is 3. The quantitative estimate of drug-likeness (QED) is 0.470. The van der Waals surface area contributed by atoms with Crippen LogP contribution in [0, 0.1) is 0 Å². The monoisotopic (exact) mass is 515 g/mol. The lowest BCUT2D eigenvalue weighted by molar-refractivity contribution is -0.119. The number of rotatable bonds is 7. The molecule has 8 nitrogen and oxygen atoms in total. The number of amides is 3. The van der Waals surface area contributed by atoms with Crippen molar-refractivity contribution in [1.29, 1.82) is 0 Å². The van der Waals surface area contributed by atoms with E-state index in [9.17, 15) is 14.4 Å². The lowest BCUT2D eigenvalue weighted by atomic mass is 9.93. The van der Waals surface area contributed by atoms with Gasteiger partial charge in [-0.05, 0) is 68.4 Å². The maximum Gasteiger partial charge on any atom is 0.258 e. The predicted molar refractivity (Wildman–Crippen MR) is 147 cm³/mol. The van der Waals surface area contributed by atoms with E-state index in [1.54, 1.807) is 60.5 Å². The molecule has 188 valence electrons. The Kier molecular flexibility index (Phi) is 8.58. The number of benzene rings is 2. The van der Waals surface area contributed by atoms with E-state index in [-0.39, 0.29) is 11.5 Å². The number of piperidine rings is 1. The number of carbonyl (C=O) groups is 3. The highest BCUT2D eigenvalue weighted by Crippen LogP contribution is 2.20. The summed E-state index contributed by atoms with van der Waals surface area (Å²) in [5.74, 6) is -0.575. The first-order valence-electron chi connectivity index (χ1n) is 12.0. The number of aromatic nitrogens is 1. The molecule has 0 atom stereocenters. The van der Waals surface area contributed by atoms with Crippen LogP contribution in [0.4, 0.5) is 17.2 Å². The van der Waals surface area contributed by atoms with Gasteiger partial charge in [-0.1, -0.05) is 35.6 Å². The number of nitrogens with one attached hydrogen (secondary N) is 2. The molecule has 2 N–H and O–H groups in total. The summed E-state index contributed by atoms with van der Waals surface area (Å²) in [4.78, 5) is 46.4. The summed E-state index contributed by atoms with van der Waals surface area (Å²) in [6, 6.07) is 14.6. The molecule has 37 heavy (non-hydrogen) atoms. The fourth-order valence-electron chi connectivity index (χ4n) is 4.08. The zero-order valence-corrected chi connectivity index (χ0v) is 21.3. The third kappa shape index (κ3) is 6.96. The van der Waals surface area contributed by atoms with E-state index < -0.39 is 11.8 Å². The largest absolute Gasteiger partial charge is 0.321 e. The molecule has 0 spiro atoms. The zero-order chi connectivity index (χ0) is 26.4. The fraction of sp³-hybridized carbons (Fsp3) is 0.259. The maximum absolute atomic E-state index is 13.0. The number of pyridine rings is 1. The van der Waals surface area contributed by atoms with Crippen molar-refractivity contribution in [3.05, 3.63) is 76.9 Å². The summed E-state index contributed by atoms with van der Waals surface area (Å²) in [7, 11) is 7.62. The van der Waals surface area contributed by atoms with E-state index in [0.29, 0.717) is 39.8 Å².